The number of hydrogen-bond acceptors (Lipinski definition) is 4. The summed E-state index contributed by atoms with van der Waals surface area (Å²) in [5.41, 5.74) is 5.53. The highest BCUT2D eigenvalue weighted by atomic mass is 16.6. The van der Waals surface area contributed by atoms with Gasteiger partial charge >= 0.3 is 5.97 Å². The maximum atomic E-state index is 11.1. The molecule has 0 spiro atoms. The lowest BCUT2D eigenvalue weighted by Crippen LogP contribution is -2.37. The number of esters is 1. The van der Waals surface area contributed by atoms with E-state index in [-0.39, 0.29) is 18.5 Å². The van der Waals surface area contributed by atoms with E-state index in [0.717, 1.165) is 0 Å². The summed E-state index contributed by atoms with van der Waals surface area (Å²) >= 11 is 0. The van der Waals surface area contributed by atoms with Crippen LogP contribution in [0.4, 0.5) is 0 Å². The van der Waals surface area contributed by atoms with Gasteiger partial charge in [0.1, 0.15) is 12.6 Å². The van der Waals surface area contributed by atoms with Gasteiger partial charge in [-0.2, -0.15) is 0 Å². The molecule has 0 radical (unpaired) electrons. The third-order valence-corrected chi connectivity index (χ3v) is 1.52. The Morgan fingerprint density at radius 3 is 2.42 bits per heavy atom. The van der Waals surface area contributed by atoms with Crippen LogP contribution in [0.1, 0.15) is 13.8 Å². The minimum Gasteiger partial charge on any atom is -0.462 e. The Morgan fingerprint density at radius 2 is 2.00 bits per heavy atom. The van der Waals surface area contributed by atoms with Gasteiger partial charge in [-0.1, -0.05) is 13.8 Å². The highest BCUT2D eigenvalue weighted by Crippen LogP contribution is 1.99. The number of ether oxygens (including phenoxy) is 2. The Morgan fingerprint density at radius 1 is 1.42 bits per heavy atom. The fourth-order valence-corrected chi connectivity index (χ4v) is 0.594. The molecule has 0 aliphatic rings. The van der Waals surface area contributed by atoms with Crippen molar-refractivity contribution in [3.63, 3.8) is 0 Å². The van der Waals surface area contributed by atoms with Crippen molar-refractivity contribution in [3.8, 4) is 0 Å². The van der Waals surface area contributed by atoms with Crippen molar-refractivity contribution < 1.29 is 14.3 Å². The topological polar surface area (TPSA) is 61.5 Å². The molecule has 4 heteroatoms. The van der Waals surface area contributed by atoms with Crippen molar-refractivity contribution in [1.82, 2.24) is 0 Å². The molecule has 0 unspecified atom stereocenters. The first-order valence-electron chi connectivity index (χ1n) is 4.00. The van der Waals surface area contributed by atoms with Gasteiger partial charge in [-0.05, 0) is 5.92 Å². The zero-order valence-corrected chi connectivity index (χ0v) is 7.87. The van der Waals surface area contributed by atoms with Crippen LogP contribution in [0.2, 0.25) is 0 Å². The van der Waals surface area contributed by atoms with E-state index in [2.05, 4.69) is 0 Å². The van der Waals surface area contributed by atoms with E-state index in [1.165, 1.54) is 0 Å². The second-order valence-electron chi connectivity index (χ2n) is 2.93. The quantitative estimate of drug-likeness (QED) is 0.477. The summed E-state index contributed by atoms with van der Waals surface area (Å²) in [6, 6.07) is -0.526. The number of hydrogen-bond donors (Lipinski definition) is 1. The van der Waals surface area contributed by atoms with Gasteiger partial charge < -0.3 is 15.2 Å². The lowest BCUT2D eigenvalue weighted by atomic mass is 10.1. The van der Waals surface area contributed by atoms with Crippen LogP contribution in [0.3, 0.4) is 0 Å². The largest absolute Gasteiger partial charge is 0.462 e. The monoisotopic (exact) mass is 175 g/mol. The zero-order valence-electron chi connectivity index (χ0n) is 7.87. The fraction of sp³-hybridized carbons (Fsp3) is 0.875. The van der Waals surface area contributed by atoms with E-state index in [4.69, 9.17) is 15.2 Å². The van der Waals surface area contributed by atoms with E-state index in [9.17, 15) is 4.79 Å². The minimum absolute atomic E-state index is 0.111. The molecule has 4 nitrogen and oxygen atoms in total. The summed E-state index contributed by atoms with van der Waals surface area (Å²) in [5.74, 6) is -0.248. The summed E-state index contributed by atoms with van der Waals surface area (Å²) in [6.07, 6.45) is 0. The molecule has 0 bridgehead atoms. The molecule has 0 aromatic heterocycles. The van der Waals surface area contributed by atoms with Gasteiger partial charge in [0.2, 0.25) is 0 Å². The Labute approximate surface area is 73.0 Å². The second kappa shape index (κ2) is 5.97. The molecule has 0 rings (SSSR count). The normalized spacial score (nSPS) is 13.1. The molecule has 0 aromatic rings. The van der Waals surface area contributed by atoms with Crippen molar-refractivity contribution in [2.75, 3.05) is 20.3 Å². The maximum Gasteiger partial charge on any atom is 0.323 e. The van der Waals surface area contributed by atoms with Crippen molar-refractivity contribution in [2.45, 2.75) is 19.9 Å². The van der Waals surface area contributed by atoms with Gasteiger partial charge in [-0.25, -0.2) is 0 Å². The number of carbonyl (C=O) groups excluding carboxylic acids is 1. The first kappa shape index (κ1) is 11.4. The second-order valence-corrected chi connectivity index (χ2v) is 2.93. The van der Waals surface area contributed by atoms with Crippen molar-refractivity contribution in [3.05, 3.63) is 0 Å². The third-order valence-electron chi connectivity index (χ3n) is 1.52. The first-order chi connectivity index (χ1) is 5.59. The summed E-state index contributed by atoms with van der Waals surface area (Å²) < 4.78 is 9.53. The maximum absolute atomic E-state index is 11.1. The molecule has 0 amide bonds. The van der Waals surface area contributed by atoms with Crippen LogP contribution in [-0.4, -0.2) is 32.3 Å². The average molecular weight is 175 g/mol. The van der Waals surface area contributed by atoms with Gasteiger partial charge in [0.15, 0.2) is 0 Å². The Balaban J connectivity index is 3.57. The molecule has 0 saturated heterocycles. The number of methoxy groups -OCH3 is 1. The van der Waals surface area contributed by atoms with Crippen molar-refractivity contribution >= 4 is 5.97 Å². The molecule has 12 heavy (non-hydrogen) atoms. The van der Waals surface area contributed by atoms with Crippen molar-refractivity contribution in [2.24, 2.45) is 11.7 Å². The number of rotatable bonds is 5. The third kappa shape index (κ3) is 4.31. The molecule has 2 N–H and O–H groups in total. The van der Waals surface area contributed by atoms with Gasteiger partial charge in [0, 0.05) is 7.11 Å². The van der Waals surface area contributed by atoms with E-state index in [1.54, 1.807) is 7.11 Å². The Bertz CT molecular complexity index is 136. The SMILES string of the molecule is COCCOC(=O)[C@H](N)C(C)C. The molecule has 72 valence electrons. The van der Waals surface area contributed by atoms with Crippen LogP contribution < -0.4 is 5.73 Å². The van der Waals surface area contributed by atoms with Crippen LogP contribution in [0, 0.1) is 5.92 Å². The Kier molecular flexibility index (Phi) is 5.66. The van der Waals surface area contributed by atoms with Gasteiger partial charge in [-0.3, -0.25) is 4.79 Å². The molecular weight excluding hydrogens is 158 g/mol. The molecule has 0 aromatic carbocycles. The van der Waals surface area contributed by atoms with Crippen LogP contribution >= 0.6 is 0 Å². The van der Waals surface area contributed by atoms with Gasteiger partial charge in [0.05, 0.1) is 6.61 Å². The van der Waals surface area contributed by atoms with E-state index < -0.39 is 6.04 Å². The van der Waals surface area contributed by atoms with Crippen LogP contribution in [0.15, 0.2) is 0 Å². The fourth-order valence-electron chi connectivity index (χ4n) is 0.594. The standard InChI is InChI=1S/C8H17NO3/c1-6(2)7(9)8(10)12-5-4-11-3/h6-7H,4-5,9H2,1-3H3/t7-/m1/s1. The predicted molar refractivity (Wildman–Crippen MR) is 45.6 cm³/mol. The average Bonchev–Trinajstić information content (AvgIpc) is 2.03. The minimum atomic E-state index is -0.526. The van der Waals surface area contributed by atoms with Crippen LogP contribution in [0.25, 0.3) is 0 Å². The van der Waals surface area contributed by atoms with E-state index in [0.29, 0.717) is 6.61 Å². The molecular formula is C8H17NO3. The lowest BCUT2D eigenvalue weighted by molar-refractivity contribution is -0.147. The number of nitrogens with two attached hydrogens (primary N) is 1. The molecule has 0 aliphatic carbocycles. The number of carbonyl (C=O) groups is 1. The van der Waals surface area contributed by atoms with E-state index >= 15 is 0 Å². The molecule has 0 saturated carbocycles. The van der Waals surface area contributed by atoms with Crippen LogP contribution in [0.5, 0.6) is 0 Å². The zero-order chi connectivity index (χ0) is 9.56. The highest BCUT2D eigenvalue weighted by Gasteiger charge is 2.18. The molecule has 0 heterocycles. The molecule has 1 atom stereocenters. The van der Waals surface area contributed by atoms with E-state index in [1.807, 2.05) is 13.8 Å². The summed E-state index contributed by atoms with van der Waals surface area (Å²) in [5, 5.41) is 0. The van der Waals surface area contributed by atoms with Crippen molar-refractivity contribution in [1.29, 1.82) is 0 Å². The summed E-state index contributed by atoms with van der Waals surface area (Å²) in [7, 11) is 1.55. The predicted octanol–water partition coefficient (Wildman–Crippen LogP) is 0.159. The Hall–Kier alpha value is -0.610. The van der Waals surface area contributed by atoms with Gasteiger partial charge in [-0.15, -0.1) is 0 Å². The van der Waals surface area contributed by atoms with Gasteiger partial charge in [0.25, 0.3) is 0 Å². The first-order valence-corrected chi connectivity index (χ1v) is 4.00. The highest BCUT2D eigenvalue weighted by molar-refractivity contribution is 5.75. The summed E-state index contributed by atoms with van der Waals surface area (Å²) in [4.78, 5) is 11.1. The smallest absolute Gasteiger partial charge is 0.323 e. The summed E-state index contributed by atoms with van der Waals surface area (Å²) in [6.45, 7) is 4.44. The van der Waals surface area contributed by atoms with Crippen LogP contribution in [-0.2, 0) is 14.3 Å². The lowest BCUT2D eigenvalue weighted by Gasteiger charge is -2.13. The molecule has 0 fully saturated rings. The molecule has 0 aliphatic heterocycles.